The first-order valence-electron chi connectivity index (χ1n) is 4.51. The van der Waals surface area contributed by atoms with Gasteiger partial charge in [0.05, 0.1) is 5.60 Å². The fraction of sp³-hybridized carbons (Fsp3) is 1.00. The van der Waals surface area contributed by atoms with E-state index in [9.17, 15) is 5.11 Å². The maximum atomic E-state index is 9.55. The highest BCUT2D eigenvalue weighted by Gasteiger charge is 2.21. The van der Waals surface area contributed by atoms with E-state index >= 15 is 0 Å². The van der Waals surface area contributed by atoms with E-state index in [4.69, 9.17) is 0 Å². The van der Waals surface area contributed by atoms with Crippen molar-refractivity contribution in [3.05, 3.63) is 0 Å². The van der Waals surface area contributed by atoms with Crippen molar-refractivity contribution in [2.24, 2.45) is 5.92 Å². The number of hydrogen-bond acceptors (Lipinski definition) is 2. The van der Waals surface area contributed by atoms with Crippen LogP contribution < -0.4 is 5.32 Å². The number of nitrogens with one attached hydrogen (secondary N) is 1. The minimum Gasteiger partial charge on any atom is -0.390 e. The molecule has 0 aromatic rings. The van der Waals surface area contributed by atoms with Crippen molar-refractivity contribution >= 4 is 12.4 Å². The molecule has 0 saturated carbocycles. The quantitative estimate of drug-likeness (QED) is 0.698. The van der Waals surface area contributed by atoms with Crippen LogP contribution in [0, 0.1) is 5.92 Å². The summed E-state index contributed by atoms with van der Waals surface area (Å²) in [6, 6.07) is 0. The first kappa shape index (κ1) is 12.2. The van der Waals surface area contributed by atoms with Crippen LogP contribution in [0.1, 0.15) is 33.1 Å². The number of halogens is 1. The highest BCUT2D eigenvalue weighted by Crippen LogP contribution is 2.22. The molecule has 12 heavy (non-hydrogen) atoms. The number of hydrogen-bond donors (Lipinski definition) is 2. The van der Waals surface area contributed by atoms with Gasteiger partial charge in [-0.05, 0) is 52.1 Å². The Morgan fingerprint density at radius 2 is 1.83 bits per heavy atom. The van der Waals surface area contributed by atoms with Crippen LogP contribution in [0.5, 0.6) is 0 Å². The highest BCUT2D eigenvalue weighted by atomic mass is 35.5. The van der Waals surface area contributed by atoms with Gasteiger partial charge in [-0.3, -0.25) is 0 Å². The third-order valence-electron chi connectivity index (χ3n) is 2.25. The molecular formula is C9H20ClNO. The van der Waals surface area contributed by atoms with Gasteiger partial charge < -0.3 is 10.4 Å². The molecule has 0 amide bonds. The second kappa shape index (κ2) is 5.05. The molecule has 74 valence electrons. The van der Waals surface area contributed by atoms with Crippen LogP contribution in [0.3, 0.4) is 0 Å². The minimum absolute atomic E-state index is 0. The molecule has 1 heterocycles. The maximum Gasteiger partial charge on any atom is 0.0594 e. The van der Waals surface area contributed by atoms with E-state index in [-0.39, 0.29) is 12.4 Å². The predicted octanol–water partition coefficient (Wildman–Crippen LogP) is 1.57. The topological polar surface area (TPSA) is 32.3 Å². The second-order valence-electron chi connectivity index (χ2n) is 4.21. The van der Waals surface area contributed by atoms with Crippen molar-refractivity contribution in [1.29, 1.82) is 0 Å². The number of piperidine rings is 1. The summed E-state index contributed by atoms with van der Waals surface area (Å²) in [4.78, 5) is 0. The van der Waals surface area contributed by atoms with Crippen LogP contribution in [-0.4, -0.2) is 23.8 Å². The van der Waals surface area contributed by atoms with E-state index < -0.39 is 5.60 Å². The summed E-state index contributed by atoms with van der Waals surface area (Å²) in [6.45, 7) is 6.05. The molecule has 2 N–H and O–H groups in total. The lowest BCUT2D eigenvalue weighted by atomic mass is 9.87. The van der Waals surface area contributed by atoms with Crippen molar-refractivity contribution in [3.8, 4) is 0 Å². The zero-order valence-electron chi connectivity index (χ0n) is 7.97. The average Bonchev–Trinajstić information content (AvgIpc) is 1.85. The zero-order valence-corrected chi connectivity index (χ0v) is 8.78. The summed E-state index contributed by atoms with van der Waals surface area (Å²) in [5, 5.41) is 12.9. The molecule has 0 aromatic carbocycles. The molecule has 0 unspecified atom stereocenters. The molecule has 1 saturated heterocycles. The van der Waals surface area contributed by atoms with Gasteiger partial charge in [0.25, 0.3) is 0 Å². The lowest BCUT2D eigenvalue weighted by molar-refractivity contribution is 0.0471. The fourth-order valence-electron chi connectivity index (χ4n) is 1.79. The third kappa shape index (κ3) is 4.96. The molecule has 1 rings (SSSR count). The van der Waals surface area contributed by atoms with Crippen LogP contribution >= 0.6 is 12.4 Å². The van der Waals surface area contributed by atoms with Gasteiger partial charge in [-0.25, -0.2) is 0 Å². The van der Waals surface area contributed by atoms with Crippen LogP contribution in [0.2, 0.25) is 0 Å². The van der Waals surface area contributed by atoms with Gasteiger partial charge in [-0.2, -0.15) is 0 Å². The van der Waals surface area contributed by atoms with Gasteiger partial charge >= 0.3 is 0 Å². The standard InChI is InChI=1S/C9H19NO.ClH/c1-9(2,11)7-8-3-5-10-6-4-8;/h8,10-11H,3-7H2,1-2H3;1H. The van der Waals surface area contributed by atoms with Crippen molar-refractivity contribution in [2.75, 3.05) is 13.1 Å². The van der Waals surface area contributed by atoms with E-state index in [0.717, 1.165) is 25.4 Å². The van der Waals surface area contributed by atoms with Crippen LogP contribution in [0.15, 0.2) is 0 Å². The Kier molecular flexibility index (Phi) is 5.14. The van der Waals surface area contributed by atoms with Crippen LogP contribution in [-0.2, 0) is 0 Å². The Morgan fingerprint density at radius 3 is 2.25 bits per heavy atom. The second-order valence-corrected chi connectivity index (χ2v) is 4.21. The average molecular weight is 194 g/mol. The third-order valence-corrected chi connectivity index (χ3v) is 2.25. The summed E-state index contributed by atoms with van der Waals surface area (Å²) in [5.41, 5.74) is -0.470. The molecule has 0 bridgehead atoms. The van der Waals surface area contributed by atoms with Gasteiger partial charge in [0.2, 0.25) is 0 Å². The monoisotopic (exact) mass is 193 g/mol. The molecule has 0 aliphatic carbocycles. The first-order chi connectivity index (χ1) is 5.08. The van der Waals surface area contributed by atoms with Crippen molar-refractivity contribution < 1.29 is 5.11 Å². The Balaban J connectivity index is 0.00000121. The van der Waals surface area contributed by atoms with Crippen molar-refractivity contribution in [1.82, 2.24) is 5.32 Å². The van der Waals surface area contributed by atoms with Crippen molar-refractivity contribution in [2.45, 2.75) is 38.7 Å². The SMILES string of the molecule is CC(C)(O)CC1CCNCC1.Cl. The van der Waals surface area contributed by atoms with Gasteiger partial charge in [-0.1, -0.05) is 0 Å². The molecule has 0 radical (unpaired) electrons. The summed E-state index contributed by atoms with van der Waals surface area (Å²) < 4.78 is 0. The summed E-state index contributed by atoms with van der Waals surface area (Å²) in [5.74, 6) is 0.733. The van der Waals surface area contributed by atoms with E-state index in [1.165, 1.54) is 12.8 Å². The predicted molar refractivity (Wildman–Crippen MR) is 53.8 cm³/mol. The zero-order chi connectivity index (χ0) is 8.32. The largest absolute Gasteiger partial charge is 0.390 e. The fourth-order valence-corrected chi connectivity index (χ4v) is 1.79. The summed E-state index contributed by atoms with van der Waals surface area (Å²) >= 11 is 0. The number of rotatable bonds is 2. The Hall–Kier alpha value is 0.210. The van der Waals surface area contributed by atoms with Crippen LogP contribution in [0.25, 0.3) is 0 Å². The maximum absolute atomic E-state index is 9.55. The molecule has 0 aromatic heterocycles. The molecule has 0 spiro atoms. The van der Waals surface area contributed by atoms with Gasteiger partial charge in [0.15, 0.2) is 0 Å². The van der Waals surface area contributed by atoms with Crippen molar-refractivity contribution in [3.63, 3.8) is 0 Å². The highest BCUT2D eigenvalue weighted by molar-refractivity contribution is 5.85. The lowest BCUT2D eigenvalue weighted by Crippen LogP contribution is -2.32. The van der Waals surface area contributed by atoms with Gasteiger partial charge in [0, 0.05) is 0 Å². The Bertz CT molecular complexity index is 116. The van der Waals surface area contributed by atoms with E-state index in [0.29, 0.717) is 0 Å². The van der Waals surface area contributed by atoms with Crippen LogP contribution in [0.4, 0.5) is 0 Å². The molecule has 1 aliphatic heterocycles. The smallest absolute Gasteiger partial charge is 0.0594 e. The summed E-state index contributed by atoms with van der Waals surface area (Å²) in [6.07, 6.45) is 3.41. The van der Waals surface area contributed by atoms with E-state index in [1.54, 1.807) is 0 Å². The lowest BCUT2D eigenvalue weighted by Gasteiger charge is -2.28. The summed E-state index contributed by atoms with van der Waals surface area (Å²) in [7, 11) is 0. The molecule has 3 heteroatoms. The molecular weight excluding hydrogens is 174 g/mol. The molecule has 2 nitrogen and oxygen atoms in total. The number of aliphatic hydroxyl groups is 1. The van der Waals surface area contributed by atoms with E-state index in [2.05, 4.69) is 5.32 Å². The van der Waals surface area contributed by atoms with Gasteiger partial charge in [-0.15, -0.1) is 12.4 Å². The van der Waals surface area contributed by atoms with Gasteiger partial charge in [0.1, 0.15) is 0 Å². The van der Waals surface area contributed by atoms with E-state index in [1.807, 2.05) is 13.8 Å². The Morgan fingerprint density at radius 1 is 1.33 bits per heavy atom. The molecule has 1 aliphatic rings. The normalized spacial score (nSPS) is 20.2. The molecule has 0 atom stereocenters. The minimum atomic E-state index is -0.470. The Labute approximate surface area is 81.2 Å². The molecule has 1 fully saturated rings. The first-order valence-corrected chi connectivity index (χ1v) is 4.51.